The second-order valence-electron chi connectivity index (χ2n) is 4.21. The molecule has 0 atom stereocenters. The quantitative estimate of drug-likeness (QED) is 0.480. The fourth-order valence-electron chi connectivity index (χ4n) is 1.39. The van der Waals surface area contributed by atoms with Crippen LogP contribution in [0, 0.1) is 0 Å². The van der Waals surface area contributed by atoms with Gasteiger partial charge in [0.25, 0.3) is 11.9 Å². The number of nitrogens with one attached hydrogen (secondary N) is 1. The molecule has 1 heterocycles. The van der Waals surface area contributed by atoms with Crippen molar-refractivity contribution in [1.82, 2.24) is 10.2 Å². The molecule has 0 aliphatic carbocycles. The predicted molar refractivity (Wildman–Crippen MR) is 73.3 cm³/mol. The van der Waals surface area contributed by atoms with Gasteiger partial charge in [-0.15, -0.1) is 0 Å². The van der Waals surface area contributed by atoms with Crippen LogP contribution in [0.2, 0.25) is 0 Å². The molecule has 6 nitrogen and oxygen atoms in total. The van der Waals surface area contributed by atoms with Gasteiger partial charge in [-0.3, -0.25) is 10.1 Å². The first-order valence-corrected chi connectivity index (χ1v) is 6.30. The molecular weight excluding hydrogens is 246 g/mol. The van der Waals surface area contributed by atoms with Gasteiger partial charge in [-0.25, -0.2) is 4.99 Å². The molecule has 1 aromatic heterocycles. The van der Waals surface area contributed by atoms with E-state index in [0.717, 1.165) is 13.0 Å². The monoisotopic (exact) mass is 267 g/mol. The zero-order chi connectivity index (χ0) is 14.1. The minimum atomic E-state index is -0.357. The molecule has 0 aliphatic rings. The van der Waals surface area contributed by atoms with Crippen LogP contribution in [0.4, 0.5) is 0 Å². The van der Waals surface area contributed by atoms with Crippen LogP contribution in [0.3, 0.4) is 0 Å². The van der Waals surface area contributed by atoms with Gasteiger partial charge in [-0.1, -0.05) is 0 Å². The lowest BCUT2D eigenvalue weighted by molar-refractivity contribution is 0.0939. The van der Waals surface area contributed by atoms with Crippen LogP contribution in [0.5, 0.6) is 0 Å². The van der Waals surface area contributed by atoms with Crippen LogP contribution in [-0.4, -0.2) is 50.6 Å². The molecule has 0 aliphatic heterocycles. The van der Waals surface area contributed by atoms with Crippen molar-refractivity contribution < 1.29 is 13.9 Å². The Kier molecular flexibility index (Phi) is 6.67. The Morgan fingerprint density at radius 3 is 2.89 bits per heavy atom. The summed E-state index contributed by atoms with van der Waals surface area (Å²) in [5, 5.41) is 2.59. The van der Waals surface area contributed by atoms with Crippen molar-refractivity contribution in [1.29, 1.82) is 0 Å². The van der Waals surface area contributed by atoms with Crippen LogP contribution < -0.4 is 5.32 Å². The van der Waals surface area contributed by atoms with Gasteiger partial charge in [0, 0.05) is 6.54 Å². The first kappa shape index (κ1) is 15.2. The summed E-state index contributed by atoms with van der Waals surface area (Å²) in [7, 11) is 4.01. The van der Waals surface area contributed by atoms with Crippen LogP contribution in [0.25, 0.3) is 0 Å². The fraction of sp³-hybridized carbons (Fsp3) is 0.538. The SMILES string of the molecule is CCOC(=NCCCN(C)C)NC(=O)c1ccco1. The van der Waals surface area contributed by atoms with E-state index in [1.807, 2.05) is 21.0 Å². The third-order valence-electron chi connectivity index (χ3n) is 2.27. The number of nitrogens with zero attached hydrogens (tertiary/aromatic N) is 2. The number of ether oxygens (including phenoxy) is 1. The molecule has 19 heavy (non-hydrogen) atoms. The van der Waals surface area contributed by atoms with Crippen LogP contribution >= 0.6 is 0 Å². The molecule has 0 aromatic carbocycles. The summed E-state index contributed by atoms with van der Waals surface area (Å²) in [6, 6.07) is 3.48. The molecule has 0 spiro atoms. The Morgan fingerprint density at radius 1 is 1.53 bits per heavy atom. The third kappa shape index (κ3) is 6.05. The van der Waals surface area contributed by atoms with E-state index in [1.54, 1.807) is 12.1 Å². The maximum atomic E-state index is 11.8. The molecule has 0 fully saturated rings. The topological polar surface area (TPSA) is 67.1 Å². The summed E-state index contributed by atoms with van der Waals surface area (Å²) >= 11 is 0. The Balaban J connectivity index is 2.47. The highest BCUT2D eigenvalue weighted by atomic mass is 16.5. The Bertz CT molecular complexity index is 399. The number of hydrogen-bond donors (Lipinski definition) is 1. The van der Waals surface area contributed by atoms with Gasteiger partial charge >= 0.3 is 0 Å². The molecule has 6 heteroatoms. The first-order valence-electron chi connectivity index (χ1n) is 6.30. The maximum absolute atomic E-state index is 11.8. The maximum Gasteiger partial charge on any atom is 0.294 e. The number of rotatable bonds is 6. The number of hydrogen-bond acceptors (Lipinski definition) is 5. The van der Waals surface area contributed by atoms with Crippen molar-refractivity contribution in [3.05, 3.63) is 24.2 Å². The van der Waals surface area contributed by atoms with Crippen LogP contribution in [0.15, 0.2) is 27.8 Å². The molecular formula is C13H21N3O3. The molecule has 1 rings (SSSR count). The van der Waals surface area contributed by atoms with E-state index in [4.69, 9.17) is 9.15 Å². The van der Waals surface area contributed by atoms with Crippen molar-refractivity contribution in [3.63, 3.8) is 0 Å². The number of aliphatic imine (C=N–C) groups is 1. The Hall–Kier alpha value is -1.82. The van der Waals surface area contributed by atoms with Crippen molar-refractivity contribution >= 4 is 11.9 Å². The van der Waals surface area contributed by atoms with E-state index in [-0.39, 0.29) is 17.7 Å². The summed E-state index contributed by atoms with van der Waals surface area (Å²) in [6.45, 7) is 3.83. The normalized spacial score (nSPS) is 11.7. The average molecular weight is 267 g/mol. The van der Waals surface area contributed by atoms with E-state index < -0.39 is 0 Å². The van der Waals surface area contributed by atoms with Gasteiger partial charge in [-0.2, -0.15) is 0 Å². The lowest BCUT2D eigenvalue weighted by Crippen LogP contribution is -2.32. The Labute approximate surface area is 113 Å². The van der Waals surface area contributed by atoms with Gasteiger partial charge in [0.05, 0.1) is 12.9 Å². The molecule has 0 bridgehead atoms. The summed E-state index contributed by atoms with van der Waals surface area (Å²) in [4.78, 5) is 18.1. The van der Waals surface area contributed by atoms with E-state index in [0.29, 0.717) is 13.2 Å². The highest BCUT2D eigenvalue weighted by Crippen LogP contribution is 1.99. The van der Waals surface area contributed by atoms with Gasteiger partial charge in [0.15, 0.2) is 5.76 Å². The molecule has 0 radical (unpaired) electrons. The van der Waals surface area contributed by atoms with Crippen molar-refractivity contribution in [2.24, 2.45) is 4.99 Å². The lowest BCUT2D eigenvalue weighted by atomic mass is 10.4. The standard InChI is InChI=1S/C13H21N3O3/c1-4-18-13(14-8-6-9-16(2)3)15-12(17)11-7-5-10-19-11/h5,7,10H,4,6,8-9H2,1-3H3,(H,14,15,17). The van der Waals surface area contributed by atoms with E-state index in [2.05, 4.69) is 15.2 Å². The van der Waals surface area contributed by atoms with Gasteiger partial charge in [0.2, 0.25) is 0 Å². The van der Waals surface area contributed by atoms with E-state index in [9.17, 15) is 4.79 Å². The largest absolute Gasteiger partial charge is 0.465 e. The number of carbonyl (C=O) groups excluding carboxylic acids is 1. The molecule has 1 aromatic rings. The zero-order valence-electron chi connectivity index (χ0n) is 11.7. The Morgan fingerprint density at radius 2 is 2.32 bits per heavy atom. The summed E-state index contributed by atoms with van der Waals surface area (Å²) in [5.41, 5.74) is 0. The zero-order valence-corrected chi connectivity index (χ0v) is 11.7. The smallest absolute Gasteiger partial charge is 0.294 e. The molecule has 1 N–H and O–H groups in total. The van der Waals surface area contributed by atoms with Gasteiger partial charge < -0.3 is 14.1 Å². The molecule has 0 unspecified atom stereocenters. The minimum absolute atomic E-state index is 0.237. The summed E-state index contributed by atoms with van der Waals surface area (Å²) in [5.74, 6) is -0.120. The third-order valence-corrected chi connectivity index (χ3v) is 2.27. The lowest BCUT2D eigenvalue weighted by Gasteiger charge is -2.09. The summed E-state index contributed by atoms with van der Waals surface area (Å²) < 4.78 is 10.3. The van der Waals surface area contributed by atoms with Crippen LogP contribution in [-0.2, 0) is 4.74 Å². The number of amidine groups is 1. The average Bonchev–Trinajstić information content (AvgIpc) is 2.88. The van der Waals surface area contributed by atoms with E-state index >= 15 is 0 Å². The molecule has 0 saturated heterocycles. The van der Waals surface area contributed by atoms with Gasteiger partial charge in [-0.05, 0) is 46.1 Å². The highest BCUT2D eigenvalue weighted by molar-refractivity contribution is 6.02. The number of carbonyl (C=O) groups is 1. The highest BCUT2D eigenvalue weighted by Gasteiger charge is 2.11. The number of amides is 1. The van der Waals surface area contributed by atoms with Gasteiger partial charge in [0.1, 0.15) is 0 Å². The minimum Gasteiger partial charge on any atom is -0.465 e. The van der Waals surface area contributed by atoms with Crippen molar-refractivity contribution in [2.75, 3.05) is 33.8 Å². The molecule has 1 amide bonds. The number of furan rings is 1. The van der Waals surface area contributed by atoms with Crippen molar-refractivity contribution in [3.8, 4) is 0 Å². The van der Waals surface area contributed by atoms with E-state index in [1.165, 1.54) is 6.26 Å². The molecule has 0 saturated carbocycles. The first-order chi connectivity index (χ1) is 9.13. The predicted octanol–water partition coefficient (Wildman–Crippen LogP) is 1.35. The summed E-state index contributed by atoms with van der Waals surface area (Å²) in [6.07, 6.45) is 2.35. The molecule has 106 valence electrons. The second kappa shape index (κ2) is 8.31. The van der Waals surface area contributed by atoms with Crippen LogP contribution in [0.1, 0.15) is 23.9 Å². The fourth-order valence-corrected chi connectivity index (χ4v) is 1.39. The second-order valence-corrected chi connectivity index (χ2v) is 4.21. The van der Waals surface area contributed by atoms with Crippen molar-refractivity contribution in [2.45, 2.75) is 13.3 Å².